The number of aliphatic hydroxyl groups excluding tert-OH is 2. The first-order valence-corrected chi connectivity index (χ1v) is 46.4. The molecule has 140 heavy (non-hydrogen) atoms. The zero-order valence-electron chi connectivity index (χ0n) is 78.1. The van der Waals surface area contributed by atoms with Crippen LogP contribution >= 0.6 is 0 Å². The van der Waals surface area contributed by atoms with E-state index in [1.54, 1.807) is 68.0 Å². The zero-order chi connectivity index (χ0) is 94.7. The summed E-state index contributed by atoms with van der Waals surface area (Å²) in [4.78, 5) is 30.4. The summed E-state index contributed by atoms with van der Waals surface area (Å²) in [6.07, 6.45) is 31.3. The van der Waals surface area contributed by atoms with Gasteiger partial charge in [-0.25, -0.2) is 33.7 Å². The number of methoxy groups -OCH3 is 6. The van der Waals surface area contributed by atoms with Gasteiger partial charge in [-0.05, 0) is 170 Å². The smallest absolute Gasteiger partial charge is 0.231 e. The fraction of sp³-hybridized carbons (Fsp3) is 0.214. The first-order chi connectivity index (χ1) is 68.6. The van der Waals surface area contributed by atoms with Crippen molar-refractivity contribution in [3.05, 3.63) is 297 Å². The first kappa shape index (κ1) is 85.0. The number of nitrogens with one attached hydrogen (secondary N) is 4. The number of aryl methyl sites for hydroxylation is 1. The number of pyridine rings is 1. The fourth-order valence-electron chi connectivity index (χ4n) is 23.1. The summed E-state index contributed by atoms with van der Waals surface area (Å²) in [6, 6.07) is 52.7. The van der Waals surface area contributed by atoms with E-state index in [1.165, 1.54) is 27.8 Å². The van der Waals surface area contributed by atoms with Gasteiger partial charge in [0.1, 0.15) is 39.7 Å². The molecule has 0 spiro atoms. The van der Waals surface area contributed by atoms with Crippen molar-refractivity contribution in [3.63, 3.8) is 0 Å². The molecule has 6 N–H and O–H groups in total. The number of hydrogen-bond donors (Lipinski definition) is 6. The van der Waals surface area contributed by atoms with E-state index < -0.39 is 0 Å². The van der Waals surface area contributed by atoms with Gasteiger partial charge in [0.2, 0.25) is 32.7 Å². The highest BCUT2D eigenvalue weighted by atomic mass is 16.7. The Morgan fingerprint density at radius 1 is 0.379 bits per heavy atom. The number of fused-ring (bicyclic) bond motifs is 30. The molecule has 5 aromatic heterocycles. The molecule has 12 heterocycles. The average Bonchev–Trinajstić information content (AvgIpc) is 1.33. The molecular formula is C112H96N12O16+4. The molecule has 8 unspecified atom stereocenters. The maximum atomic E-state index is 9.86. The van der Waals surface area contributed by atoms with Crippen molar-refractivity contribution in [2.75, 3.05) is 91.0 Å². The van der Waals surface area contributed by atoms with Gasteiger partial charge in [-0.2, -0.15) is 4.57 Å². The molecule has 696 valence electrons. The highest BCUT2D eigenvalue weighted by Crippen LogP contribution is 2.59. The number of imidazole rings is 4. The summed E-state index contributed by atoms with van der Waals surface area (Å²) >= 11 is 0. The number of rotatable bonds is 12. The number of nitrogens with zero attached hydrogens (tertiary/aromatic N) is 8. The van der Waals surface area contributed by atoms with E-state index in [1.807, 2.05) is 31.3 Å². The number of aliphatic hydroxyl groups is 2. The first-order valence-electron chi connectivity index (χ1n) is 46.4. The van der Waals surface area contributed by atoms with E-state index in [9.17, 15) is 10.2 Å². The van der Waals surface area contributed by atoms with Crippen LogP contribution in [0.25, 0.3) is 128 Å². The van der Waals surface area contributed by atoms with Crippen LogP contribution in [0.5, 0.6) is 69.0 Å². The number of aromatic nitrogens is 9. The SMILES string of the molecule is COc1c(CO)ccc2c1C=[N+](C)C1C2C=CC2C(c3ccc4nc[nH]c4c3)=C3OCOC3=CC21.COc1c(CO)ccc2c1c[n+](C)c1c3cc4c(cc3c(-c3ccc5nc[nH]c5c3)cc21)OCO4.COc1cc2c(cc1OC)C1C(C=C2)c2c(-c3ccc4nc[nH]c4c3)cc3c(c2C=[N+]1C)OCO3.COc1cc2c(cc1OC)C1C(C=C2)c2cc(-c3ccc4nc[nH]c4c3)c3c(c2C=[N+]1C)OCO3. The molecule has 12 aromatic carbocycles. The third kappa shape index (κ3) is 13.5. The average molecular weight is 1870 g/mol. The van der Waals surface area contributed by atoms with E-state index >= 15 is 0 Å². The van der Waals surface area contributed by atoms with Crippen LogP contribution in [0.4, 0.5) is 0 Å². The highest BCUT2D eigenvalue weighted by molar-refractivity contribution is 6.19. The molecule has 28 heteroatoms. The van der Waals surface area contributed by atoms with Crippen LogP contribution in [0.15, 0.2) is 225 Å². The summed E-state index contributed by atoms with van der Waals surface area (Å²) in [5, 5.41) is 24.9. The molecule has 1 fully saturated rings. The lowest BCUT2D eigenvalue weighted by Gasteiger charge is -2.40. The fourth-order valence-corrected chi connectivity index (χ4v) is 23.1. The molecule has 17 aromatic rings. The van der Waals surface area contributed by atoms with Crippen molar-refractivity contribution in [1.82, 2.24) is 39.9 Å². The molecular weight excluding hydrogens is 1770 g/mol. The molecule has 4 aliphatic carbocycles. The maximum Gasteiger partial charge on any atom is 0.231 e. The van der Waals surface area contributed by atoms with Crippen LogP contribution in [0.3, 0.4) is 0 Å². The minimum Gasteiger partial charge on any atom is -0.496 e. The molecule has 7 aliphatic heterocycles. The standard InChI is InChI=1S/C28H23N3O4.C28H24N3O4.C28H26N3O4.C28H22N3O4/c1-31-12-21-20(17-6-4-16-9-24(32-2)25(33-3)11-18(16)26(17)31)10-19(27-28(21)35-14-34-27)15-5-7-22-23(8-15)30-13-29-22;1-31-12-20-26(17-6-4-16-9-23(32-2)24(33-3)11-19(16)27(17)31)18(10-25-28(20)35-14-34-25)15-5-7-21-22(8-15)30-13-29-21;1-31-11-21-17(5-3-16(12-32)27(21)33-2)19-7-6-18-20(26(19)31)10-24-28(35-14-34-24)25(18)15-4-8-22-23(9-15)30-13-29-22;1-31-11-22-17(5-3-16(12-32)28(22)33-2)20-8-18(15-4-6-23-24(7-15)30-13-29-23)19-9-25-26(35-14-34-25)10-21(19)27(20)31/h4-13,17,26H,14H2,1-3H3;4-13,17,27H,14H2,1-3H3,(H,29,30);3-11,13,18-20,26,32H,12,14H2,1-2H3,(H,29,30);3-11,13,32H,12,14H2,1-2H3,(H,29,30)/q;3*+1/p+1. The van der Waals surface area contributed by atoms with Crippen LogP contribution < -0.4 is 61.4 Å². The Morgan fingerprint density at radius 3 is 1.51 bits per heavy atom. The molecule has 28 nitrogen and oxygen atoms in total. The highest BCUT2D eigenvalue weighted by Gasteiger charge is 2.52. The number of allylic oxidation sites excluding steroid dienone is 2. The second kappa shape index (κ2) is 33.6. The third-order valence-corrected chi connectivity index (χ3v) is 29.4. The van der Waals surface area contributed by atoms with E-state index in [0.717, 1.165) is 235 Å². The summed E-state index contributed by atoms with van der Waals surface area (Å²) in [6.45, 7) is 0.759. The van der Waals surface area contributed by atoms with Crippen LogP contribution in [-0.2, 0) is 29.7 Å². The van der Waals surface area contributed by atoms with Gasteiger partial charge in [0.15, 0.2) is 112 Å². The van der Waals surface area contributed by atoms with Crippen molar-refractivity contribution >= 4 is 113 Å². The topological polar surface area (TPSA) is 297 Å². The van der Waals surface area contributed by atoms with Crippen LogP contribution in [0.1, 0.15) is 102 Å². The van der Waals surface area contributed by atoms with E-state index in [-0.39, 0.29) is 88.1 Å². The predicted molar refractivity (Wildman–Crippen MR) is 531 cm³/mol. The molecule has 28 rings (SSSR count). The lowest BCUT2D eigenvalue weighted by Crippen LogP contribution is -2.45. The van der Waals surface area contributed by atoms with Crippen molar-refractivity contribution in [3.8, 4) is 102 Å². The number of ether oxygens (including phenoxy) is 14. The third-order valence-electron chi connectivity index (χ3n) is 29.4. The van der Waals surface area contributed by atoms with Crippen LogP contribution in [0.2, 0.25) is 0 Å². The molecule has 0 amide bonds. The van der Waals surface area contributed by atoms with Crippen molar-refractivity contribution in [2.45, 2.75) is 49.1 Å². The molecule has 0 saturated carbocycles. The van der Waals surface area contributed by atoms with Gasteiger partial charge in [0.05, 0.1) is 182 Å². The van der Waals surface area contributed by atoms with Crippen LogP contribution in [-0.4, -0.2) is 179 Å². The summed E-state index contributed by atoms with van der Waals surface area (Å²) in [5.41, 5.74) is 30.6. The number of likely N-dealkylation sites (N-methyl/N-ethyl adjacent to an activating group) is 3. The summed E-state index contributed by atoms with van der Waals surface area (Å²) < 4.78 is 90.1. The normalized spacial score (nSPS) is 19.3. The van der Waals surface area contributed by atoms with Gasteiger partial charge in [-0.15, -0.1) is 0 Å². The molecule has 0 bridgehead atoms. The minimum absolute atomic E-state index is 0.0519. The quantitative estimate of drug-likeness (QED) is 0.0376. The van der Waals surface area contributed by atoms with Gasteiger partial charge in [0, 0.05) is 50.1 Å². The van der Waals surface area contributed by atoms with Gasteiger partial charge in [-0.3, -0.25) is 0 Å². The molecule has 1 saturated heterocycles. The van der Waals surface area contributed by atoms with Gasteiger partial charge in [-0.1, -0.05) is 85.0 Å². The second-order valence-corrected chi connectivity index (χ2v) is 36.5. The Labute approximate surface area is 801 Å². The zero-order valence-corrected chi connectivity index (χ0v) is 78.1. The maximum absolute atomic E-state index is 9.86. The number of hydrogen-bond acceptors (Lipinski definition) is 20. The van der Waals surface area contributed by atoms with Crippen LogP contribution in [0, 0.1) is 11.8 Å². The summed E-state index contributed by atoms with van der Waals surface area (Å²) in [7, 11) is 18.4. The monoisotopic (exact) mass is 1860 g/mol. The minimum atomic E-state index is -0.0858. The van der Waals surface area contributed by atoms with Gasteiger partial charge < -0.3 is 96.5 Å². The van der Waals surface area contributed by atoms with E-state index in [0.29, 0.717) is 5.75 Å². The van der Waals surface area contributed by atoms with Gasteiger partial charge in [0.25, 0.3) is 0 Å². The number of benzene rings is 12. The van der Waals surface area contributed by atoms with Crippen molar-refractivity contribution in [1.29, 1.82) is 0 Å². The van der Waals surface area contributed by atoms with E-state index in [4.69, 9.17) is 66.3 Å². The summed E-state index contributed by atoms with van der Waals surface area (Å²) in [5.74, 6) is 11.5. The number of H-pyrrole nitrogens is 4. The predicted octanol–water partition coefficient (Wildman–Crippen LogP) is 18.3. The lowest BCUT2D eigenvalue weighted by atomic mass is 9.65. The number of aromatic amines is 4. The van der Waals surface area contributed by atoms with Crippen molar-refractivity contribution < 1.29 is 94.8 Å². The largest absolute Gasteiger partial charge is 0.496 e. The van der Waals surface area contributed by atoms with Crippen molar-refractivity contribution in [2.24, 2.45) is 18.9 Å². The Morgan fingerprint density at radius 2 is 0.886 bits per heavy atom. The Kier molecular flexibility index (Phi) is 20.4. The molecule has 0 radical (unpaired) electrons. The second-order valence-electron chi connectivity index (χ2n) is 36.5. The lowest BCUT2D eigenvalue weighted by molar-refractivity contribution is -0.642. The Hall–Kier alpha value is -16.7. The Bertz CT molecular complexity index is 8420. The molecule has 8 atom stereocenters. The van der Waals surface area contributed by atoms with Gasteiger partial charge >= 0.3 is 0 Å². The Balaban J connectivity index is 0.0000000985. The van der Waals surface area contributed by atoms with E-state index in [2.05, 4.69) is 274 Å². The molecule has 11 aliphatic rings.